The summed E-state index contributed by atoms with van der Waals surface area (Å²) in [4.78, 5) is 13.5. The Morgan fingerprint density at radius 1 is 0.333 bits per heavy atom. The zero-order valence-corrected chi connectivity index (χ0v) is 69.2. The van der Waals surface area contributed by atoms with Gasteiger partial charge in [-0.05, 0) is 96.3 Å². The van der Waals surface area contributed by atoms with Gasteiger partial charge in [0.2, 0.25) is 5.91 Å². The molecule has 19 nitrogen and oxygen atoms in total. The fourth-order valence-electron chi connectivity index (χ4n) is 14.5. The third-order valence-electron chi connectivity index (χ3n) is 21.5. The number of ether oxygens (including phenoxy) is 6. The summed E-state index contributed by atoms with van der Waals surface area (Å²) >= 11 is 0. The SMILES string of the molecule is CC/C=C\C/C=C\C/C=C\C/C=C\C/C=C\C/C=C\CCCCCCCCCCCCCCCCCCCCC(=O)NC(COC1OC(CO)C(OC2OC(CO)C(OC3OC(CO)C(O)C(O)C3O)C(O)C2O)C(O)C1O)C(O)/C=C/CC/C=C/CC/C=C/CCCCCCCCCCCCCCCCCCCCC. The lowest BCUT2D eigenvalue weighted by Crippen LogP contribution is -2.66. The minimum absolute atomic E-state index is 0.229. The van der Waals surface area contributed by atoms with Gasteiger partial charge in [0.15, 0.2) is 18.9 Å². The van der Waals surface area contributed by atoms with Crippen molar-refractivity contribution in [3.05, 3.63) is 109 Å². The maximum absolute atomic E-state index is 13.5. The van der Waals surface area contributed by atoms with Crippen LogP contribution in [0.1, 0.15) is 335 Å². The van der Waals surface area contributed by atoms with Crippen molar-refractivity contribution < 1.29 is 89.4 Å². The van der Waals surface area contributed by atoms with Gasteiger partial charge in [-0.25, -0.2) is 0 Å². The van der Waals surface area contributed by atoms with Crippen molar-refractivity contribution in [1.82, 2.24) is 5.32 Å². The fourth-order valence-corrected chi connectivity index (χ4v) is 14.5. The Morgan fingerprint density at radius 2 is 0.631 bits per heavy atom. The number of unbranched alkanes of at least 4 members (excludes halogenated alkanes) is 39. The van der Waals surface area contributed by atoms with Crippen LogP contribution >= 0.6 is 0 Å². The van der Waals surface area contributed by atoms with Crippen LogP contribution in [0.4, 0.5) is 0 Å². The quantitative estimate of drug-likeness (QED) is 0.0199. The van der Waals surface area contributed by atoms with E-state index in [1.165, 1.54) is 218 Å². The van der Waals surface area contributed by atoms with Gasteiger partial charge in [-0.1, -0.05) is 342 Å². The Hall–Kier alpha value is -3.55. The molecule has 17 atom stereocenters. The average molecular weight is 1570 g/mol. The molecule has 19 heteroatoms. The Bertz CT molecular complexity index is 2430. The van der Waals surface area contributed by atoms with Gasteiger partial charge in [0.1, 0.15) is 73.2 Å². The van der Waals surface area contributed by atoms with Crippen LogP contribution in [-0.2, 0) is 33.2 Å². The Balaban J connectivity index is 1.34. The standard InChI is InChI=1S/C92H161NO18/c1-3-5-7-9-11-13-15-17-19-21-23-25-27-29-31-33-34-35-36-37-38-39-40-42-44-46-48-50-52-54-56-58-60-62-64-66-68-70-80(98)93-75(76(97)69-67-65-63-61-59-57-55-53-51-49-47-45-43-41-32-30-28-26-24-22-20-18-16-14-12-10-8-6-4-2)74-106-90-86(104)83(101)88(78(72-95)108-90)111-92-87(105)84(102)89(79(73-96)109-92)110-91-85(103)82(100)81(99)77(71-94)107-91/h5,7,11,13,17,19,23,25,29,31,34-35,51,53,59,61,67,69,75-79,81-92,94-97,99-105H,3-4,6,8-10,12,14-16,18,20-22,24,26-28,30,32-33,36-50,52,54-58,60,62-66,68,70-74H2,1-2H3,(H,93,98)/b7-5-,13-11-,19-17-,25-23-,31-29-,35-34-,53-51+,61-59+,69-67+. The number of carbonyl (C=O) groups is 1. The maximum Gasteiger partial charge on any atom is 0.220 e. The van der Waals surface area contributed by atoms with Gasteiger partial charge in [-0.3, -0.25) is 4.79 Å². The minimum Gasteiger partial charge on any atom is -0.394 e. The second-order valence-corrected chi connectivity index (χ2v) is 31.3. The molecule has 3 saturated heterocycles. The van der Waals surface area contributed by atoms with Gasteiger partial charge in [0.05, 0.1) is 38.6 Å². The average Bonchev–Trinajstić information content (AvgIpc) is 0.779. The lowest BCUT2D eigenvalue weighted by Gasteiger charge is -2.48. The number of hydrogen-bond acceptors (Lipinski definition) is 18. The van der Waals surface area contributed by atoms with Crippen LogP contribution in [0, 0.1) is 0 Å². The number of aliphatic hydroxyl groups is 11. The van der Waals surface area contributed by atoms with E-state index in [1.54, 1.807) is 6.08 Å². The van der Waals surface area contributed by atoms with Gasteiger partial charge >= 0.3 is 0 Å². The first-order valence-corrected chi connectivity index (χ1v) is 44.6. The largest absolute Gasteiger partial charge is 0.394 e. The molecule has 111 heavy (non-hydrogen) atoms. The lowest BCUT2D eigenvalue weighted by atomic mass is 9.96. The highest BCUT2D eigenvalue weighted by Crippen LogP contribution is 2.33. The molecule has 0 saturated carbocycles. The zero-order valence-electron chi connectivity index (χ0n) is 69.2. The number of amides is 1. The topological polar surface area (TPSA) is 307 Å². The van der Waals surface area contributed by atoms with Crippen molar-refractivity contribution in [3.8, 4) is 0 Å². The highest BCUT2D eigenvalue weighted by Gasteiger charge is 2.54. The Kier molecular flexibility index (Phi) is 64.7. The van der Waals surface area contributed by atoms with Crippen LogP contribution in [0.5, 0.6) is 0 Å². The van der Waals surface area contributed by atoms with Gasteiger partial charge in [0, 0.05) is 6.42 Å². The van der Waals surface area contributed by atoms with Crippen LogP contribution < -0.4 is 5.32 Å². The van der Waals surface area contributed by atoms with E-state index >= 15 is 0 Å². The summed E-state index contributed by atoms with van der Waals surface area (Å²) in [6, 6.07) is -1.00. The molecular formula is C92H161NO18. The summed E-state index contributed by atoms with van der Waals surface area (Å²) in [5, 5.41) is 121. The van der Waals surface area contributed by atoms with Crippen LogP contribution in [-0.4, -0.2) is 193 Å². The van der Waals surface area contributed by atoms with Crippen LogP contribution in [0.3, 0.4) is 0 Å². The molecule has 3 aliphatic heterocycles. The third-order valence-corrected chi connectivity index (χ3v) is 21.5. The predicted octanol–water partition coefficient (Wildman–Crippen LogP) is 16.8. The molecule has 642 valence electrons. The van der Waals surface area contributed by atoms with Crippen molar-refractivity contribution in [2.24, 2.45) is 0 Å². The lowest BCUT2D eigenvalue weighted by molar-refractivity contribution is -0.379. The zero-order chi connectivity index (χ0) is 80.3. The molecule has 0 aromatic heterocycles. The van der Waals surface area contributed by atoms with Crippen molar-refractivity contribution in [3.63, 3.8) is 0 Å². The van der Waals surface area contributed by atoms with Crippen molar-refractivity contribution in [2.75, 3.05) is 26.4 Å². The number of carbonyl (C=O) groups excluding carboxylic acids is 1. The molecule has 0 radical (unpaired) electrons. The van der Waals surface area contributed by atoms with Crippen molar-refractivity contribution in [2.45, 2.75) is 439 Å². The molecular weight excluding hydrogens is 1410 g/mol. The highest BCUT2D eigenvalue weighted by atomic mass is 16.8. The first-order valence-electron chi connectivity index (χ1n) is 44.6. The van der Waals surface area contributed by atoms with E-state index < -0.39 is 124 Å². The van der Waals surface area contributed by atoms with E-state index in [-0.39, 0.29) is 18.9 Å². The smallest absolute Gasteiger partial charge is 0.220 e. The second-order valence-electron chi connectivity index (χ2n) is 31.3. The van der Waals surface area contributed by atoms with Gasteiger partial charge in [-0.15, -0.1) is 0 Å². The third kappa shape index (κ3) is 49.3. The summed E-state index contributed by atoms with van der Waals surface area (Å²) in [5.41, 5.74) is 0. The monoisotopic (exact) mass is 1570 g/mol. The minimum atomic E-state index is -1.99. The number of nitrogens with one attached hydrogen (secondary N) is 1. The molecule has 0 aromatic rings. The Labute approximate surface area is 672 Å². The molecule has 17 unspecified atom stereocenters. The van der Waals surface area contributed by atoms with Crippen LogP contribution in [0.2, 0.25) is 0 Å². The number of allylic oxidation sites excluding steroid dienone is 17. The predicted molar refractivity (Wildman–Crippen MR) is 447 cm³/mol. The highest BCUT2D eigenvalue weighted by molar-refractivity contribution is 5.76. The van der Waals surface area contributed by atoms with Gasteiger partial charge < -0.3 is 89.9 Å². The Morgan fingerprint density at radius 3 is 1.01 bits per heavy atom. The summed E-state index contributed by atoms with van der Waals surface area (Å²) in [5.74, 6) is -0.288. The summed E-state index contributed by atoms with van der Waals surface area (Å²) in [7, 11) is 0. The van der Waals surface area contributed by atoms with E-state index in [2.05, 4.69) is 116 Å². The molecule has 12 N–H and O–H groups in total. The van der Waals surface area contributed by atoms with Crippen LogP contribution in [0.15, 0.2) is 109 Å². The molecule has 3 rings (SSSR count). The normalized spacial score (nSPS) is 25.6. The van der Waals surface area contributed by atoms with Gasteiger partial charge in [-0.2, -0.15) is 0 Å². The summed E-state index contributed by atoms with van der Waals surface area (Å²) in [6.07, 6.45) is 72.4. The molecule has 3 fully saturated rings. The first-order chi connectivity index (χ1) is 54.3. The van der Waals surface area contributed by atoms with E-state index in [0.29, 0.717) is 12.8 Å². The molecule has 0 aromatic carbocycles. The molecule has 1 amide bonds. The van der Waals surface area contributed by atoms with Crippen LogP contribution in [0.25, 0.3) is 0 Å². The molecule has 0 spiro atoms. The number of aliphatic hydroxyl groups excluding tert-OH is 11. The fraction of sp³-hybridized carbons (Fsp3) is 0.793. The summed E-state index contributed by atoms with van der Waals surface area (Å²) in [6.45, 7) is 1.63. The number of rotatable bonds is 71. The maximum atomic E-state index is 13.5. The summed E-state index contributed by atoms with van der Waals surface area (Å²) < 4.78 is 34.5. The van der Waals surface area contributed by atoms with E-state index in [0.717, 1.165) is 83.5 Å². The van der Waals surface area contributed by atoms with Crippen molar-refractivity contribution >= 4 is 5.91 Å². The van der Waals surface area contributed by atoms with E-state index in [4.69, 9.17) is 28.4 Å². The molecule has 3 heterocycles. The first kappa shape index (κ1) is 102. The number of hydrogen-bond donors (Lipinski definition) is 12. The van der Waals surface area contributed by atoms with E-state index in [9.17, 15) is 61.0 Å². The van der Waals surface area contributed by atoms with Gasteiger partial charge in [0.25, 0.3) is 0 Å². The second kappa shape index (κ2) is 70.6. The molecule has 3 aliphatic rings. The molecule has 0 bridgehead atoms. The molecule has 0 aliphatic carbocycles. The van der Waals surface area contributed by atoms with E-state index in [1.807, 2.05) is 6.08 Å². The van der Waals surface area contributed by atoms with Crippen molar-refractivity contribution in [1.29, 1.82) is 0 Å².